The average molecular weight is 212 g/mol. The molecule has 0 atom stereocenters. The second-order valence-corrected chi connectivity index (χ2v) is 4.03. The van der Waals surface area contributed by atoms with E-state index in [0.717, 1.165) is 22.3 Å². The molecule has 0 saturated heterocycles. The third kappa shape index (κ3) is 1.20. The Morgan fingerprint density at radius 1 is 1.06 bits per heavy atom. The quantitative estimate of drug-likeness (QED) is 0.673. The van der Waals surface area contributed by atoms with Crippen LogP contribution in [-0.2, 0) is 0 Å². The Hall–Kier alpha value is -1.96. The molecule has 0 aromatic heterocycles. The number of ether oxygens (including phenoxy) is 2. The fraction of sp³-hybridized carbons (Fsp3) is 0.143. The minimum atomic E-state index is -0.775. The van der Waals surface area contributed by atoms with Crippen molar-refractivity contribution < 1.29 is 9.47 Å². The standard InChI is InChI=1S/C14H12O2/c1-3-14(2)15-11-8-4-6-10-7-5-9-12(16-14)13(10)11/h3-9H,1H2,2H3. The zero-order valence-electron chi connectivity index (χ0n) is 9.07. The molecular weight excluding hydrogens is 200 g/mol. The minimum absolute atomic E-state index is 0.775. The summed E-state index contributed by atoms with van der Waals surface area (Å²) < 4.78 is 11.6. The van der Waals surface area contributed by atoms with E-state index in [1.807, 2.05) is 43.3 Å². The maximum absolute atomic E-state index is 5.80. The first kappa shape index (κ1) is 9.28. The van der Waals surface area contributed by atoms with Gasteiger partial charge in [0.15, 0.2) is 0 Å². The topological polar surface area (TPSA) is 18.5 Å². The molecule has 0 radical (unpaired) electrons. The Morgan fingerprint density at radius 3 is 2.12 bits per heavy atom. The molecule has 0 fully saturated rings. The van der Waals surface area contributed by atoms with Gasteiger partial charge in [-0.1, -0.05) is 30.8 Å². The Kier molecular flexibility index (Phi) is 1.75. The van der Waals surface area contributed by atoms with E-state index in [9.17, 15) is 0 Å². The van der Waals surface area contributed by atoms with Crippen molar-refractivity contribution in [3.63, 3.8) is 0 Å². The van der Waals surface area contributed by atoms with Crippen LogP contribution < -0.4 is 9.47 Å². The molecular formula is C14H12O2. The third-order valence-electron chi connectivity index (χ3n) is 2.82. The molecule has 3 rings (SSSR count). The molecule has 0 N–H and O–H groups in total. The van der Waals surface area contributed by atoms with Crippen molar-refractivity contribution in [2.45, 2.75) is 12.7 Å². The van der Waals surface area contributed by atoms with Crippen LogP contribution in [0, 0.1) is 0 Å². The highest BCUT2D eigenvalue weighted by Crippen LogP contribution is 2.41. The zero-order valence-corrected chi connectivity index (χ0v) is 9.07. The summed E-state index contributed by atoms with van der Waals surface area (Å²) in [5.41, 5.74) is 0. The summed E-state index contributed by atoms with van der Waals surface area (Å²) in [6, 6.07) is 12.0. The summed E-state index contributed by atoms with van der Waals surface area (Å²) >= 11 is 0. The Balaban J connectivity index is 2.31. The molecule has 2 aromatic rings. The number of hydrogen-bond acceptors (Lipinski definition) is 2. The summed E-state index contributed by atoms with van der Waals surface area (Å²) in [5, 5.41) is 2.16. The maximum Gasteiger partial charge on any atom is 0.267 e. The summed E-state index contributed by atoms with van der Waals surface area (Å²) in [6.07, 6.45) is 1.67. The average Bonchev–Trinajstić information content (AvgIpc) is 2.29. The molecule has 0 spiro atoms. The molecule has 2 heteroatoms. The van der Waals surface area contributed by atoms with Crippen LogP contribution in [0.25, 0.3) is 10.8 Å². The van der Waals surface area contributed by atoms with Crippen LogP contribution in [0.1, 0.15) is 6.92 Å². The van der Waals surface area contributed by atoms with Crippen molar-refractivity contribution in [1.29, 1.82) is 0 Å². The first-order chi connectivity index (χ1) is 7.72. The van der Waals surface area contributed by atoms with E-state index < -0.39 is 5.79 Å². The Morgan fingerprint density at radius 2 is 1.62 bits per heavy atom. The molecule has 0 bridgehead atoms. The second kappa shape index (κ2) is 3.01. The lowest BCUT2D eigenvalue weighted by Gasteiger charge is -2.33. The van der Waals surface area contributed by atoms with Gasteiger partial charge in [0.05, 0.1) is 5.39 Å². The van der Waals surface area contributed by atoms with Crippen molar-refractivity contribution in [3.05, 3.63) is 49.1 Å². The van der Waals surface area contributed by atoms with Crippen LogP contribution in [0.3, 0.4) is 0 Å². The van der Waals surface area contributed by atoms with E-state index in [-0.39, 0.29) is 0 Å². The van der Waals surface area contributed by atoms with Gasteiger partial charge in [0.1, 0.15) is 11.5 Å². The highest BCUT2D eigenvalue weighted by Gasteiger charge is 2.31. The first-order valence-corrected chi connectivity index (χ1v) is 5.25. The van der Waals surface area contributed by atoms with Crippen LogP contribution >= 0.6 is 0 Å². The van der Waals surface area contributed by atoms with Crippen LogP contribution in [0.15, 0.2) is 49.1 Å². The van der Waals surface area contributed by atoms with Crippen LogP contribution in [0.2, 0.25) is 0 Å². The van der Waals surface area contributed by atoms with Gasteiger partial charge in [-0.2, -0.15) is 0 Å². The smallest absolute Gasteiger partial charge is 0.267 e. The van der Waals surface area contributed by atoms with Crippen molar-refractivity contribution in [3.8, 4) is 11.5 Å². The van der Waals surface area contributed by atoms with Crippen LogP contribution in [0.4, 0.5) is 0 Å². The highest BCUT2D eigenvalue weighted by atomic mass is 16.7. The third-order valence-corrected chi connectivity index (χ3v) is 2.82. The molecule has 1 aliphatic heterocycles. The fourth-order valence-electron chi connectivity index (χ4n) is 1.98. The van der Waals surface area contributed by atoms with Crippen molar-refractivity contribution in [1.82, 2.24) is 0 Å². The van der Waals surface area contributed by atoms with Gasteiger partial charge < -0.3 is 9.47 Å². The van der Waals surface area contributed by atoms with Gasteiger partial charge in [0.2, 0.25) is 0 Å². The van der Waals surface area contributed by atoms with Crippen molar-refractivity contribution in [2.75, 3.05) is 0 Å². The van der Waals surface area contributed by atoms with Gasteiger partial charge in [0, 0.05) is 6.92 Å². The largest absolute Gasteiger partial charge is 0.448 e. The van der Waals surface area contributed by atoms with E-state index in [1.165, 1.54) is 0 Å². The molecule has 80 valence electrons. The Bertz CT molecular complexity index is 531. The molecule has 1 heterocycles. The summed E-state index contributed by atoms with van der Waals surface area (Å²) in [4.78, 5) is 0. The van der Waals surface area contributed by atoms with Gasteiger partial charge in [-0.25, -0.2) is 0 Å². The van der Waals surface area contributed by atoms with E-state index >= 15 is 0 Å². The molecule has 1 aliphatic rings. The summed E-state index contributed by atoms with van der Waals surface area (Å²) in [5.74, 6) is 0.923. The predicted molar refractivity (Wildman–Crippen MR) is 63.8 cm³/mol. The number of hydrogen-bond donors (Lipinski definition) is 0. The van der Waals surface area contributed by atoms with Gasteiger partial charge in [0.25, 0.3) is 5.79 Å². The monoisotopic (exact) mass is 212 g/mol. The second-order valence-electron chi connectivity index (χ2n) is 4.03. The molecule has 0 unspecified atom stereocenters. The van der Waals surface area contributed by atoms with E-state index in [4.69, 9.17) is 9.47 Å². The SMILES string of the molecule is C=CC1(C)Oc2cccc3cccc(c23)O1. The number of rotatable bonds is 1. The Labute approximate surface area is 94.1 Å². The van der Waals surface area contributed by atoms with Gasteiger partial charge in [-0.3, -0.25) is 0 Å². The van der Waals surface area contributed by atoms with Crippen molar-refractivity contribution in [2.24, 2.45) is 0 Å². The van der Waals surface area contributed by atoms with Gasteiger partial charge in [-0.15, -0.1) is 0 Å². The van der Waals surface area contributed by atoms with Crippen LogP contribution in [0.5, 0.6) is 11.5 Å². The van der Waals surface area contributed by atoms with E-state index in [1.54, 1.807) is 6.08 Å². The van der Waals surface area contributed by atoms with Gasteiger partial charge >= 0.3 is 0 Å². The summed E-state index contributed by atoms with van der Waals surface area (Å²) in [6.45, 7) is 5.60. The zero-order chi connectivity index (χ0) is 11.2. The van der Waals surface area contributed by atoms with E-state index in [2.05, 4.69) is 6.58 Å². The molecule has 0 aliphatic carbocycles. The molecule has 0 amide bonds. The van der Waals surface area contributed by atoms with Gasteiger partial charge in [-0.05, 0) is 23.6 Å². The van der Waals surface area contributed by atoms with Crippen molar-refractivity contribution >= 4 is 10.8 Å². The fourth-order valence-corrected chi connectivity index (χ4v) is 1.98. The first-order valence-electron chi connectivity index (χ1n) is 5.25. The predicted octanol–water partition coefficient (Wildman–Crippen LogP) is 3.51. The van der Waals surface area contributed by atoms with E-state index in [0.29, 0.717) is 0 Å². The molecule has 2 nitrogen and oxygen atoms in total. The number of benzene rings is 2. The van der Waals surface area contributed by atoms with Crippen LogP contribution in [-0.4, -0.2) is 5.79 Å². The normalized spacial score (nSPS) is 16.3. The lowest BCUT2D eigenvalue weighted by atomic mass is 10.1. The molecule has 0 saturated carbocycles. The minimum Gasteiger partial charge on any atom is -0.448 e. The highest BCUT2D eigenvalue weighted by molar-refractivity contribution is 5.94. The lowest BCUT2D eigenvalue weighted by Crippen LogP contribution is -2.38. The molecule has 2 aromatic carbocycles. The molecule has 16 heavy (non-hydrogen) atoms. The lowest BCUT2D eigenvalue weighted by molar-refractivity contribution is -0.0593. The maximum atomic E-state index is 5.80. The summed E-state index contributed by atoms with van der Waals surface area (Å²) in [7, 11) is 0.